The zero-order valence-corrected chi connectivity index (χ0v) is 13.2. The first-order valence-electron chi connectivity index (χ1n) is 6.77. The normalized spacial score (nSPS) is 11.3. The Morgan fingerprint density at radius 3 is 2.59 bits per heavy atom. The van der Waals surface area contributed by atoms with Gasteiger partial charge in [0.1, 0.15) is 5.60 Å². The molecule has 0 saturated heterocycles. The van der Waals surface area contributed by atoms with E-state index in [0.717, 1.165) is 0 Å². The number of ether oxygens (including phenoxy) is 2. The molecular formula is C16H21NO5. The molecule has 1 aromatic rings. The minimum atomic E-state index is -0.555. The fourth-order valence-corrected chi connectivity index (χ4v) is 1.68. The number of hydrogen-bond acceptors (Lipinski definition) is 5. The first-order chi connectivity index (χ1) is 10.3. The van der Waals surface area contributed by atoms with Gasteiger partial charge in [0.15, 0.2) is 17.8 Å². The highest BCUT2D eigenvalue weighted by Crippen LogP contribution is 2.31. The molecule has 6 heteroatoms. The fraction of sp³-hybridized carbons (Fsp3) is 0.375. The molecular weight excluding hydrogens is 286 g/mol. The van der Waals surface area contributed by atoms with Crippen molar-refractivity contribution in [3.63, 3.8) is 0 Å². The molecule has 0 spiro atoms. The molecule has 0 aliphatic heterocycles. The Bertz CT molecular complexity index is 573. The largest absolute Gasteiger partial charge is 0.504 e. The molecule has 0 aliphatic carbocycles. The van der Waals surface area contributed by atoms with Crippen molar-refractivity contribution in [1.29, 1.82) is 0 Å². The average Bonchev–Trinajstić information content (AvgIpc) is 2.42. The topological polar surface area (TPSA) is 84.9 Å². The van der Waals surface area contributed by atoms with E-state index in [4.69, 9.17) is 9.47 Å². The number of methoxy groups -OCH3 is 1. The van der Waals surface area contributed by atoms with Gasteiger partial charge in [0.05, 0.1) is 12.7 Å². The molecule has 1 amide bonds. The summed E-state index contributed by atoms with van der Waals surface area (Å²) in [5.74, 6) is 0.0193. The van der Waals surface area contributed by atoms with Crippen LogP contribution in [0.2, 0.25) is 0 Å². The highest BCUT2D eigenvalue weighted by molar-refractivity contribution is 5.87. The van der Waals surface area contributed by atoms with E-state index in [1.54, 1.807) is 45.1 Å². The number of carbonyl (C=O) groups excluding carboxylic acids is 2. The first-order valence-corrected chi connectivity index (χ1v) is 6.77. The third kappa shape index (κ3) is 5.12. The van der Waals surface area contributed by atoms with Crippen LogP contribution in [0.5, 0.6) is 11.5 Å². The minimum Gasteiger partial charge on any atom is -0.504 e. The van der Waals surface area contributed by atoms with Crippen LogP contribution < -0.4 is 10.1 Å². The molecule has 1 aromatic carbocycles. The molecule has 0 atom stereocenters. The highest BCUT2D eigenvalue weighted by atomic mass is 16.6. The van der Waals surface area contributed by atoms with Crippen molar-refractivity contribution in [3.8, 4) is 11.5 Å². The second-order valence-corrected chi connectivity index (χ2v) is 5.52. The zero-order valence-electron chi connectivity index (χ0n) is 13.2. The molecule has 120 valence electrons. The van der Waals surface area contributed by atoms with Crippen LogP contribution in [0.15, 0.2) is 18.2 Å². The summed E-state index contributed by atoms with van der Waals surface area (Å²) in [5.41, 5.74) is 0.104. The molecule has 0 radical (unpaired) electrons. The van der Waals surface area contributed by atoms with E-state index in [2.05, 4.69) is 5.32 Å². The Kier molecular flexibility index (Phi) is 5.98. The predicted molar refractivity (Wildman–Crippen MR) is 83.3 cm³/mol. The number of aldehydes is 1. The first kappa shape index (κ1) is 17.6. The third-order valence-corrected chi connectivity index (χ3v) is 2.61. The van der Waals surface area contributed by atoms with Crippen molar-refractivity contribution in [2.75, 3.05) is 13.7 Å². The van der Waals surface area contributed by atoms with Gasteiger partial charge in [0.2, 0.25) is 0 Å². The number of amides is 1. The smallest absolute Gasteiger partial charge is 0.407 e. The summed E-state index contributed by atoms with van der Waals surface area (Å²) in [5, 5.41) is 12.4. The van der Waals surface area contributed by atoms with Gasteiger partial charge in [-0.2, -0.15) is 0 Å². The van der Waals surface area contributed by atoms with Crippen molar-refractivity contribution < 1.29 is 24.2 Å². The Morgan fingerprint density at radius 1 is 1.36 bits per heavy atom. The Labute approximate surface area is 129 Å². The SMILES string of the molecule is COc1ccc(/C=C/CNC(=O)OC(C)(C)C)c(C=O)c1O. The van der Waals surface area contributed by atoms with Crippen molar-refractivity contribution in [3.05, 3.63) is 29.3 Å². The standard InChI is InChI=1S/C16H21NO5/c1-16(2,3)22-15(20)17-9-5-6-11-7-8-13(21-4)14(19)12(11)10-18/h5-8,10,19H,9H2,1-4H3,(H,17,20)/b6-5+. The van der Waals surface area contributed by atoms with Gasteiger partial charge in [-0.25, -0.2) is 4.79 Å². The van der Waals surface area contributed by atoms with Crippen LogP contribution in [-0.2, 0) is 4.74 Å². The third-order valence-electron chi connectivity index (χ3n) is 2.61. The summed E-state index contributed by atoms with van der Waals surface area (Å²) >= 11 is 0. The monoisotopic (exact) mass is 307 g/mol. The number of rotatable bonds is 5. The maximum absolute atomic E-state index is 11.5. The van der Waals surface area contributed by atoms with Gasteiger partial charge >= 0.3 is 6.09 Å². The second kappa shape index (κ2) is 7.49. The molecule has 0 unspecified atom stereocenters. The Morgan fingerprint density at radius 2 is 2.05 bits per heavy atom. The maximum Gasteiger partial charge on any atom is 0.407 e. The molecule has 0 aromatic heterocycles. The molecule has 22 heavy (non-hydrogen) atoms. The average molecular weight is 307 g/mol. The molecule has 0 fully saturated rings. The minimum absolute atomic E-state index is 0.132. The molecule has 0 heterocycles. The van der Waals surface area contributed by atoms with Crippen molar-refractivity contribution >= 4 is 18.5 Å². The number of aromatic hydroxyl groups is 1. The molecule has 1 rings (SSSR count). The summed E-state index contributed by atoms with van der Waals surface area (Å²) in [6.07, 6.45) is 3.31. The Hall–Kier alpha value is -2.50. The fourth-order valence-electron chi connectivity index (χ4n) is 1.68. The van der Waals surface area contributed by atoms with E-state index in [1.807, 2.05) is 0 Å². The van der Waals surface area contributed by atoms with Crippen molar-refractivity contribution in [1.82, 2.24) is 5.32 Å². The van der Waals surface area contributed by atoms with E-state index >= 15 is 0 Å². The van der Waals surface area contributed by atoms with Gasteiger partial charge in [0.25, 0.3) is 0 Å². The van der Waals surface area contributed by atoms with E-state index in [9.17, 15) is 14.7 Å². The van der Waals surface area contributed by atoms with E-state index in [-0.39, 0.29) is 23.6 Å². The summed E-state index contributed by atoms with van der Waals surface area (Å²) in [6, 6.07) is 3.20. The molecule has 0 aliphatic rings. The molecule has 0 bridgehead atoms. The van der Waals surface area contributed by atoms with Crippen LogP contribution in [0.3, 0.4) is 0 Å². The maximum atomic E-state index is 11.5. The summed E-state index contributed by atoms with van der Waals surface area (Å²) in [6.45, 7) is 5.57. The predicted octanol–water partition coefficient (Wildman–Crippen LogP) is 2.75. The van der Waals surface area contributed by atoms with Gasteiger partial charge in [0, 0.05) is 6.54 Å². The quantitative estimate of drug-likeness (QED) is 0.817. The molecule has 0 saturated carbocycles. The van der Waals surface area contributed by atoms with Gasteiger partial charge in [-0.1, -0.05) is 18.2 Å². The number of alkyl carbamates (subject to hydrolysis) is 1. The summed E-state index contributed by atoms with van der Waals surface area (Å²) in [4.78, 5) is 22.5. The second-order valence-electron chi connectivity index (χ2n) is 5.52. The number of nitrogens with one attached hydrogen (secondary N) is 1. The van der Waals surface area contributed by atoms with Crippen LogP contribution in [0.4, 0.5) is 4.79 Å². The summed E-state index contributed by atoms with van der Waals surface area (Å²) < 4.78 is 10.0. The summed E-state index contributed by atoms with van der Waals surface area (Å²) in [7, 11) is 1.41. The number of benzene rings is 1. The lowest BCUT2D eigenvalue weighted by Crippen LogP contribution is -2.32. The molecule has 2 N–H and O–H groups in total. The van der Waals surface area contributed by atoms with E-state index in [0.29, 0.717) is 11.8 Å². The van der Waals surface area contributed by atoms with Gasteiger partial charge in [-0.15, -0.1) is 0 Å². The van der Waals surface area contributed by atoms with Crippen LogP contribution in [0.25, 0.3) is 6.08 Å². The number of phenols is 1. The van der Waals surface area contributed by atoms with Gasteiger partial charge < -0.3 is 19.9 Å². The number of phenolic OH excluding ortho intramolecular Hbond substituents is 1. The zero-order chi connectivity index (χ0) is 16.8. The lowest BCUT2D eigenvalue weighted by molar-refractivity contribution is 0.0534. The number of hydrogen-bond donors (Lipinski definition) is 2. The molecule has 6 nitrogen and oxygen atoms in total. The lowest BCUT2D eigenvalue weighted by atomic mass is 10.1. The van der Waals surface area contributed by atoms with Crippen LogP contribution in [0, 0.1) is 0 Å². The Balaban J connectivity index is 2.70. The van der Waals surface area contributed by atoms with Crippen molar-refractivity contribution in [2.45, 2.75) is 26.4 Å². The van der Waals surface area contributed by atoms with Gasteiger partial charge in [-0.3, -0.25) is 4.79 Å². The lowest BCUT2D eigenvalue weighted by Gasteiger charge is -2.19. The van der Waals surface area contributed by atoms with Crippen molar-refractivity contribution in [2.24, 2.45) is 0 Å². The van der Waals surface area contributed by atoms with Gasteiger partial charge in [-0.05, 0) is 32.4 Å². The van der Waals surface area contributed by atoms with Crippen LogP contribution in [-0.4, -0.2) is 36.7 Å². The van der Waals surface area contributed by atoms with Crippen LogP contribution >= 0.6 is 0 Å². The van der Waals surface area contributed by atoms with E-state index in [1.165, 1.54) is 7.11 Å². The van der Waals surface area contributed by atoms with Crippen LogP contribution in [0.1, 0.15) is 36.7 Å². The highest BCUT2D eigenvalue weighted by Gasteiger charge is 2.15. The van der Waals surface area contributed by atoms with E-state index < -0.39 is 11.7 Å². The number of carbonyl (C=O) groups is 2.